The number of aromatic carboxylic acids is 1. The van der Waals surface area contributed by atoms with Crippen molar-refractivity contribution in [3.8, 4) is 5.75 Å². The van der Waals surface area contributed by atoms with Crippen LogP contribution in [0, 0.1) is 5.82 Å². The lowest BCUT2D eigenvalue weighted by Crippen LogP contribution is -2.05. The summed E-state index contributed by atoms with van der Waals surface area (Å²) in [4.78, 5) is 19.8. The number of halogens is 2. The zero-order chi connectivity index (χ0) is 25.1. The molecule has 5 rings (SSSR count). The molecule has 10 heteroatoms. The second kappa shape index (κ2) is 10.0. The van der Waals surface area contributed by atoms with E-state index in [0.717, 1.165) is 5.56 Å². The molecule has 0 spiro atoms. The fraction of sp³-hybridized carbons (Fsp3) is 0.0769. The number of carboxylic acids is 1. The van der Waals surface area contributed by atoms with Gasteiger partial charge in [0.15, 0.2) is 5.82 Å². The van der Waals surface area contributed by atoms with Gasteiger partial charge < -0.3 is 15.2 Å². The molecule has 0 aliphatic rings. The van der Waals surface area contributed by atoms with Gasteiger partial charge in [0.05, 0.1) is 23.3 Å². The molecule has 180 valence electrons. The largest absolute Gasteiger partial charge is 0.487 e. The first-order chi connectivity index (χ1) is 17.5. The number of nitrogens with zero attached hydrogens (tertiary/aromatic N) is 4. The molecule has 0 atom stereocenters. The summed E-state index contributed by atoms with van der Waals surface area (Å²) >= 11 is 6.43. The van der Waals surface area contributed by atoms with Gasteiger partial charge in [-0.15, -0.1) is 0 Å². The second-order valence-corrected chi connectivity index (χ2v) is 8.36. The number of rotatable bonds is 8. The molecule has 0 saturated carbocycles. The van der Waals surface area contributed by atoms with E-state index >= 15 is 0 Å². The summed E-state index contributed by atoms with van der Waals surface area (Å²) in [7, 11) is 0. The Hall–Kier alpha value is -4.50. The quantitative estimate of drug-likeness (QED) is 0.280. The Morgan fingerprint density at radius 3 is 2.64 bits per heavy atom. The summed E-state index contributed by atoms with van der Waals surface area (Å²) in [6, 6.07) is 18.0. The van der Waals surface area contributed by atoms with Crippen molar-refractivity contribution in [3.05, 3.63) is 107 Å². The molecule has 2 heterocycles. The van der Waals surface area contributed by atoms with Crippen LogP contribution in [-0.2, 0) is 13.2 Å². The number of fused-ring (bicyclic) bond motifs is 1. The van der Waals surface area contributed by atoms with Gasteiger partial charge >= 0.3 is 5.97 Å². The molecule has 0 aliphatic carbocycles. The molecule has 8 nitrogen and oxygen atoms in total. The predicted octanol–water partition coefficient (Wildman–Crippen LogP) is 5.69. The van der Waals surface area contributed by atoms with E-state index in [1.54, 1.807) is 65.5 Å². The second-order valence-electron chi connectivity index (χ2n) is 7.95. The molecule has 0 bridgehead atoms. The number of carbonyl (C=O) groups is 1. The molecule has 0 aliphatic heterocycles. The zero-order valence-electron chi connectivity index (χ0n) is 18.7. The Morgan fingerprint density at radius 1 is 1.06 bits per heavy atom. The van der Waals surface area contributed by atoms with Crippen LogP contribution in [0.15, 0.2) is 79.3 Å². The van der Waals surface area contributed by atoms with Crippen LogP contribution in [0.2, 0.25) is 5.02 Å². The monoisotopic (exact) mass is 503 g/mol. The third-order valence-corrected chi connectivity index (χ3v) is 5.73. The van der Waals surface area contributed by atoms with Gasteiger partial charge in [-0.05, 0) is 53.6 Å². The van der Waals surface area contributed by atoms with Gasteiger partial charge in [-0.25, -0.2) is 19.2 Å². The van der Waals surface area contributed by atoms with Crippen molar-refractivity contribution in [1.29, 1.82) is 0 Å². The van der Waals surface area contributed by atoms with Crippen molar-refractivity contribution in [2.75, 3.05) is 5.32 Å². The highest BCUT2D eigenvalue weighted by atomic mass is 35.5. The first-order valence-electron chi connectivity index (χ1n) is 10.9. The summed E-state index contributed by atoms with van der Waals surface area (Å²) in [5.41, 5.74) is 3.80. The van der Waals surface area contributed by atoms with Crippen molar-refractivity contribution in [2.24, 2.45) is 0 Å². The number of hydrogen-bond acceptors (Lipinski definition) is 6. The lowest BCUT2D eigenvalue weighted by Gasteiger charge is -2.12. The summed E-state index contributed by atoms with van der Waals surface area (Å²) < 4.78 is 20.9. The maximum atomic E-state index is 13.4. The first kappa shape index (κ1) is 23.3. The predicted molar refractivity (Wildman–Crippen MR) is 133 cm³/mol. The zero-order valence-corrected chi connectivity index (χ0v) is 19.5. The molecular weight excluding hydrogens is 485 g/mol. The first-order valence-corrected chi connectivity index (χ1v) is 11.3. The van der Waals surface area contributed by atoms with E-state index in [9.17, 15) is 9.18 Å². The van der Waals surface area contributed by atoms with Gasteiger partial charge in [-0.3, -0.25) is 4.68 Å². The number of nitrogens with one attached hydrogen (secondary N) is 1. The van der Waals surface area contributed by atoms with Crippen LogP contribution < -0.4 is 10.1 Å². The minimum Gasteiger partial charge on any atom is -0.487 e. The molecule has 36 heavy (non-hydrogen) atoms. The van der Waals surface area contributed by atoms with E-state index in [2.05, 4.69) is 20.4 Å². The number of carboxylic acid groups (broad SMARTS) is 1. The van der Waals surface area contributed by atoms with E-state index in [4.69, 9.17) is 21.4 Å². The molecule has 2 aromatic heterocycles. The third-order valence-electron chi connectivity index (χ3n) is 5.44. The molecular formula is C26H19ClFN5O3. The van der Waals surface area contributed by atoms with Crippen LogP contribution >= 0.6 is 11.6 Å². The van der Waals surface area contributed by atoms with E-state index in [-0.39, 0.29) is 18.0 Å². The third kappa shape index (κ3) is 5.11. The fourth-order valence-electron chi connectivity index (χ4n) is 3.68. The van der Waals surface area contributed by atoms with E-state index < -0.39 is 5.97 Å². The molecule has 0 saturated heterocycles. The molecule has 0 fully saturated rings. The van der Waals surface area contributed by atoms with E-state index in [0.29, 0.717) is 45.4 Å². The number of benzene rings is 3. The number of anilines is 2. The molecule has 0 radical (unpaired) electrons. The smallest absolute Gasteiger partial charge is 0.335 e. The standard InChI is InChI=1S/C26H19ClFN5O3/c27-21-11-20(8-9-23(21)36-14-17-2-1-3-19(28)10-17)32-25-24-22(29-15-30-25)12-31-33(24)13-16-4-6-18(7-5-16)26(34)35/h1-12,15H,13-14H2,(H,34,35)(H,29,30,32). The Labute approximate surface area is 210 Å². The van der Waals surface area contributed by atoms with Crippen LogP contribution in [0.1, 0.15) is 21.5 Å². The minimum absolute atomic E-state index is 0.184. The average molecular weight is 504 g/mol. The van der Waals surface area contributed by atoms with Crippen molar-refractivity contribution < 1.29 is 19.0 Å². The SMILES string of the molecule is O=C(O)c1ccc(Cn2ncc3ncnc(Nc4ccc(OCc5cccc(F)c5)c(Cl)c4)c32)cc1. The Morgan fingerprint density at radius 2 is 1.89 bits per heavy atom. The normalized spacial score (nSPS) is 10.9. The van der Waals surface area contributed by atoms with Crippen molar-refractivity contribution in [2.45, 2.75) is 13.2 Å². The van der Waals surface area contributed by atoms with Gasteiger partial charge in [-0.1, -0.05) is 35.9 Å². The van der Waals surface area contributed by atoms with Crippen molar-refractivity contribution >= 4 is 40.1 Å². The topological polar surface area (TPSA) is 102 Å². The van der Waals surface area contributed by atoms with Gasteiger partial charge in [0, 0.05) is 5.69 Å². The summed E-state index contributed by atoms with van der Waals surface area (Å²) in [5, 5.41) is 17.2. The number of hydrogen-bond donors (Lipinski definition) is 2. The van der Waals surface area contributed by atoms with Gasteiger partial charge in [0.2, 0.25) is 0 Å². The maximum absolute atomic E-state index is 13.4. The highest BCUT2D eigenvalue weighted by Gasteiger charge is 2.13. The Balaban J connectivity index is 1.35. The number of aromatic nitrogens is 4. The van der Waals surface area contributed by atoms with Crippen molar-refractivity contribution in [3.63, 3.8) is 0 Å². The highest BCUT2D eigenvalue weighted by molar-refractivity contribution is 6.32. The lowest BCUT2D eigenvalue weighted by molar-refractivity contribution is 0.0697. The van der Waals surface area contributed by atoms with Gasteiger partial charge in [-0.2, -0.15) is 5.10 Å². The van der Waals surface area contributed by atoms with Crippen molar-refractivity contribution in [1.82, 2.24) is 19.7 Å². The van der Waals surface area contributed by atoms with Crippen LogP contribution in [-0.4, -0.2) is 30.8 Å². The maximum Gasteiger partial charge on any atom is 0.335 e. The Bertz CT molecular complexity index is 1560. The molecule has 5 aromatic rings. The molecule has 0 amide bonds. The summed E-state index contributed by atoms with van der Waals surface area (Å²) in [6.45, 7) is 0.586. The van der Waals surface area contributed by atoms with Gasteiger partial charge in [0.25, 0.3) is 0 Å². The van der Waals surface area contributed by atoms with Crippen LogP contribution in [0.4, 0.5) is 15.9 Å². The van der Waals surface area contributed by atoms with E-state index in [1.165, 1.54) is 18.5 Å². The highest BCUT2D eigenvalue weighted by Crippen LogP contribution is 2.31. The Kier molecular flexibility index (Phi) is 6.46. The van der Waals surface area contributed by atoms with Gasteiger partial charge in [0.1, 0.15) is 35.5 Å². The average Bonchev–Trinajstić information content (AvgIpc) is 3.27. The molecule has 0 unspecified atom stereocenters. The fourth-order valence-corrected chi connectivity index (χ4v) is 3.92. The summed E-state index contributed by atoms with van der Waals surface area (Å²) in [6.07, 6.45) is 3.08. The van der Waals surface area contributed by atoms with Crippen LogP contribution in [0.25, 0.3) is 11.0 Å². The molecule has 3 aromatic carbocycles. The summed E-state index contributed by atoms with van der Waals surface area (Å²) in [5.74, 6) is -0.303. The molecule has 2 N–H and O–H groups in total. The van der Waals surface area contributed by atoms with Crippen LogP contribution in [0.5, 0.6) is 5.75 Å². The lowest BCUT2D eigenvalue weighted by atomic mass is 10.1. The number of ether oxygens (including phenoxy) is 1. The minimum atomic E-state index is -0.977. The van der Waals surface area contributed by atoms with E-state index in [1.807, 2.05) is 0 Å². The van der Waals surface area contributed by atoms with Crippen LogP contribution in [0.3, 0.4) is 0 Å².